The number of rotatable bonds is 9. The molecule has 2 aromatic carbocycles. The Kier molecular flexibility index (Phi) is 8.11. The van der Waals surface area contributed by atoms with E-state index < -0.39 is 6.04 Å². The van der Waals surface area contributed by atoms with Crippen LogP contribution in [0.2, 0.25) is 0 Å². The SMILES string of the molecule is COc1ccc(N2C(=O)CSc3c(c4ccccc4n3C)[C@H]2C(=O)NCCCOC(C)C)c(OC)c1. The highest BCUT2D eigenvalue weighted by Crippen LogP contribution is 2.45. The van der Waals surface area contributed by atoms with E-state index in [1.807, 2.05) is 45.2 Å². The topological polar surface area (TPSA) is 82.0 Å². The summed E-state index contributed by atoms with van der Waals surface area (Å²) in [4.78, 5) is 29.1. The van der Waals surface area contributed by atoms with Crippen molar-refractivity contribution >= 4 is 40.2 Å². The minimum absolute atomic E-state index is 0.133. The van der Waals surface area contributed by atoms with E-state index in [-0.39, 0.29) is 23.7 Å². The number of hydrogen-bond acceptors (Lipinski definition) is 6. The van der Waals surface area contributed by atoms with Crippen molar-refractivity contribution in [2.24, 2.45) is 7.05 Å². The van der Waals surface area contributed by atoms with Gasteiger partial charge in [-0.1, -0.05) is 30.0 Å². The van der Waals surface area contributed by atoms with Gasteiger partial charge in [0.25, 0.3) is 0 Å². The Labute approximate surface area is 215 Å². The van der Waals surface area contributed by atoms with Gasteiger partial charge in [-0.25, -0.2) is 0 Å². The smallest absolute Gasteiger partial charge is 0.247 e. The number of nitrogens with one attached hydrogen (secondary N) is 1. The zero-order valence-corrected chi connectivity index (χ0v) is 22.2. The second-order valence-electron chi connectivity index (χ2n) is 8.85. The molecule has 192 valence electrons. The number of ether oxygens (including phenoxy) is 3. The van der Waals surface area contributed by atoms with Crippen LogP contribution < -0.4 is 19.7 Å². The van der Waals surface area contributed by atoms with Gasteiger partial charge >= 0.3 is 0 Å². The number of hydrogen-bond donors (Lipinski definition) is 1. The molecule has 1 atom stereocenters. The normalized spacial score (nSPS) is 15.7. The molecule has 8 nitrogen and oxygen atoms in total. The van der Waals surface area contributed by atoms with Crippen molar-refractivity contribution in [3.63, 3.8) is 0 Å². The van der Waals surface area contributed by atoms with Crippen molar-refractivity contribution in [2.45, 2.75) is 37.4 Å². The summed E-state index contributed by atoms with van der Waals surface area (Å²) in [7, 11) is 5.09. The quantitative estimate of drug-likeness (QED) is 0.431. The molecule has 36 heavy (non-hydrogen) atoms. The standard InChI is InChI=1S/C27H33N3O5S/c1-17(2)35-14-8-13-28-26(32)25-24-19-9-6-7-10-20(19)29(3)27(24)36-16-23(31)30(25)21-12-11-18(33-4)15-22(21)34-5/h6-7,9-12,15,17,25H,8,13-14,16H2,1-5H3,(H,28,32)/t25-/m0/s1. The third-order valence-corrected chi connectivity index (χ3v) is 7.35. The van der Waals surface area contributed by atoms with E-state index in [2.05, 4.69) is 9.88 Å². The average Bonchev–Trinajstić information content (AvgIpc) is 3.05. The van der Waals surface area contributed by atoms with Crippen molar-refractivity contribution in [1.29, 1.82) is 0 Å². The Bertz CT molecular complexity index is 1260. The minimum atomic E-state index is -0.873. The van der Waals surface area contributed by atoms with Crippen LogP contribution >= 0.6 is 11.8 Å². The lowest BCUT2D eigenvalue weighted by Crippen LogP contribution is -2.44. The fourth-order valence-electron chi connectivity index (χ4n) is 4.52. The molecule has 4 rings (SSSR count). The first kappa shape index (κ1) is 25.9. The summed E-state index contributed by atoms with van der Waals surface area (Å²) >= 11 is 1.45. The zero-order valence-electron chi connectivity index (χ0n) is 21.4. The molecule has 0 saturated carbocycles. The summed E-state index contributed by atoms with van der Waals surface area (Å²) in [5.74, 6) is 0.833. The predicted octanol–water partition coefficient (Wildman–Crippen LogP) is 4.31. The monoisotopic (exact) mass is 511 g/mol. The molecule has 0 bridgehead atoms. The van der Waals surface area contributed by atoms with E-state index in [9.17, 15) is 9.59 Å². The van der Waals surface area contributed by atoms with Gasteiger partial charge in [-0.2, -0.15) is 0 Å². The number of fused-ring (bicyclic) bond motifs is 3. The van der Waals surface area contributed by atoms with Crippen LogP contribution in [0.15, 0.2) is 47.5 Å². The number of methoxy groups -OCH3 is 2. The molecular weight excluding hydrogens is 478 g/mol. The van der Waals surface area contributed by atoms with Crippen LogP contribution in [0, 0.1) is 0 Å². The Morgan fingerprint density at radius 2 is 1.94 bits per heavy atom. The number of carbonyl (C=O) groups excluding carboxylic acids is 2. The third-order valence-electron chi connectivity index (χ3n) is 6.19. The third kappa shape index (κ3) is 5.03. The van der Waals surface area contributed by atoms with Gasteiger partial charge in [-0.3, -0.25) is 14.5 Å². The lowest BCUT2D eigenvalue weighted by molar-refractivity contribution is -0.125. The van der Waals surface area contributed by atoms with Crippen LogP contribution in [-0.2, 0) is 21.4 Å². The number of aromatic nitrogens is 1. The first-order valence-electron chi connectivity index (χ1n) is 12.0. The number of anilines is 1. The number of nitrogens with zero attached hydrogens (tertiary/aromatic N) is 2. The number of aryl methyl sites for hydroxylation is 1. The lowest BCUT2D eigenvalue weighted by Gasteiger charge is -2.31. The number of thioether (sulfide) groups is 1. The molecule has 0 spiro atoms. The van der Waals surface area contributed by atoms with Gasteiger partial charge in [0, 0.05) is 42.7 Å². The summed E-state index contributed by atoms with van der Waals surface area (Å²) in [6, 6.07) is 12.4. The van der Waals surface area contributed by atoms with Crippen LogP contribution in [0.4, 0.5) is 5.69 Å². The summed E-state index contributed by atoms with van der Waals surface area (Å²) in [6.45, 7) is 4.95. The molecule has 2 heterocycles. The summed E-state index contributed by atoms with van der Waals surface area (Å²) in [5, 5.41) is 4.90. The predicted molar refractivity (Wildman–Crippen MR) is 142 cm³/mol. The summed E-state index contributed by atoms with van der Waals surface area (Å²) in [5.41, 5.74) is 2.35. The van der Waals surface area contributed by atoms with E-state index in [1.165, 1.54) is 11.8 Å². The second-order valence-corrected chi connectivity index (χ2v) is 9.82. The van der Waals surface area contributed by atoms with Crippen LogP contribution in [0.5, 0.6) is 11.5 Å². The van der Waals surface area contributed by atoms with Crippen molar-refractivity contribution in [3.8, 4) is 11.5 Å². The van der Waals surface area contributed by atoms with E-state index in [4.69, 9.17) is 14.2 Å². The van der Waals surface area contributed by atoms with Gasteiger partial charge in [0.2, 0.25) is 11.8 Å². The Morgan fingerprint density at radius 3 is 2.67 bits per heavy atom. The van der Waals surface area contributed by atoms with E-state index >= 15 is 0 Å². The highest BCUT2D eigenvalue weighted by Gasteiger charge is 2.40. The number of amides is 2. The fraction of sp³-hybridized carbons (Fsp3) is 0.407. The number of benzene rings is 2. The first-order valence-corrected chi connectivity index (χ1v) is 13.0. The molecule has 0 fully saturated rings. The number of para-hydroxylation sites is 1. The molecule has 2 amide bonds. The highest BCUT2D eigenvalue weighted by atomic mass is 32.2. The van der Waals surface area contributed by atoms with Gasteiger partial charge in [0.05, 0.1) is 36.8 Å². The molecule has 3 aromatic rings. The van der Waals surface area contributed by atoms with Crippen molar-refractivity contribution in [2.75, 3.05) is 38.0 Å². The summed E-state index contributed by atoms with van der Waals surface area (Å²) < 4.78 is 18.7. The zero-order chi connectivity index (χ0) is 25.8. The van der Waals surface area contributed by atoms with E-state index in [1.54, 1.807) is 37.3 Å². The van der Waals surface area contributed by atoms with Gasteiger partial charge in [0.15, 0.2) is 0 Å². The highest BCUT2D eigenvalue weighted by molar-refractivity contribution is 8.00. The van der Waals surface area contributed by atoms with Crippen LogP contribution in [0.1, 0.15) is 31.9 Å². The Morgan fingerprint density at radius 1 is 1.17 bits per heavy atom. The molecular formula is C27H33N3O5S. The molecule has 0 unspecified atom stereocenters. The maximum Gasteiger partial charge on any atom is 0.247 e. The molecule has 0 aliphatic carbocycles. The minimum Gasteiger partial charge on any atom is -0.497 e. The van der Waals surface area contributed by atoms with Crippen LogP contribution in [0.3, 0.4) is 0 Å². The fourth-order valence-corrected chi connectivity index (χ4v) is 5.58. The molecule has 1 aromatic heterocycles. The van der Waals surface area contributed by atoms with E-state index in [0.717, 1.165) is 21.5 Å². The molecule has 1 aliphatic heterocycles. The van der Waals surface area contributed by atoms with Crippen molar-refractivity contribution < 1.29 is 23.8 Å². The largest absolute Gasteiger partial charge is 0.497 e. The lowest BCUT2D eigenvalue weighted by atomic mass is 10.0. The van der Waals surface area contributed by atoms with Gasteiger partial charge in [0.1, 0.15) is 17.5 Å². The molecule has 0 saturated heterocycles. The number of carbonyl (C=O) groups is 2. The average molecular weight is 512 g/mol. The molecule has 1 aliphatic rings. The second kappa shape index (κ2) is 11.3. The molecule has 1 N–H and O–H groups in total. The van der Waals surface area contributed by atoms with Crippen LogP contribution in [-0.4, -0.2) is 55.6 Å². The van der Waals surface area contributed by atoms with Gasteiger partial charge < -0.3 is 24.1 Å². The maximum absolute atomic E-state index is 13.9. The Hall–Kier alpha value is -3.17. The first-order chi connectivity index (χ1) is 17.4. The summed E-state index contributed by atoms with van der Waals surface area (Å²) in [6.07, 6.45) is 0.807. The maximum atomic E-state index is 13.9. The van der Waals surface area contributed by atoms with Gasteiger partial charge in [-0.15, -0.1) is 0 Å². The molecule has 0 radical (unpaired) electrons. The van der Waals surface area contributed by atoms with Crippen molar-refractivity contribution in [1.82, 2.24) is 9.88 Å². The Balaban J connectivity index is 1.81. The molecule has 9 heteroatoms. The van der Waals surface area contributed by atoms with Crippen molar-refractivity contribution in [3.05, 3.63) is 48.0 Å². The van der Waals surface area contributed by atoms with Crippen LogP contribution in [0.25, 0.3) is 10.9 Å². The van der Waals surface area contributed by atoms with Gasteiger partial charge in [-0.05, 0) is 38.5 Å². The van der Waals surface area contributed by atoms with E-state index in [0.29, 0.717) is 36.8 Å².